The van der Waals surface area contributed by atoms with E-state index in [9.17, 15) is 0 Å². The molecule has 2 aromatic rings. The first-order valence-electron chi connectivity index (χ1n) is 4.45. The van der Waals surface area contributed by atoms with Gasteiger partial charge in [0.2, 0.25) is 0 Å². The molecule has 0 spiro atoms. The number of nitrogens with two attached hydrogens (primary N) is 1. The highest BCUT2D eigenvalue weighted by Gasteiger charge is 2.05. The molecule has 0 saturated heterocycles. The first-order chi connectivity index (χ1) is 7.66. The fourth-order valence-electron chi connectivity index (χ4n) is 1.16. The van der Waals surface area contributed by atoms with E-state index in [1.165, 1.54) is 6.20 Å². The Morgan fingerprint density at radius 3 is 2.69 bits per heavy atom. The Kier molecular flexibility index (Phi) is 3.26. The molecule has 6 heteroatoms. The van der Waals surface area contributed by atoms with Gasteiger partial charge in [-0.05, 0) is 18.2 Å². The van der Waals surface area contributed by atoms with Crippen molar-refractivity contribution >= 4 is 44.9 Å². The highest BCUT2D eigenvalue weighted by Crippen LogP contribution is 2.28. The van der Waals surface area contributed by atoms with Crippen molar-refractivity contribution in [1.29, 1.82) is 0 Å². The molecule has 4 nitrogen and oxygen atoms in total. The molecule has 0 fully saturated rings. The smallest absolute Gasteiger partial charge is 0.173 e. The van der Waals surface area contributed by atoms with Crippen molar-refractivity contribution in [3.05, 3.63) is 40.1 Å². The summed E-state index contributed by atoms with van der Waals surface area (Å²) < 4.78 is 0.912. The molecule has 2 rings (SSSR count). The van der Waals surface area contributed by atoms with Gasteiger partial charge in [-0.1, -0.05) is 27.5 Å². The maximum atomic E-state index is 6.05. The van der Waals surface area contributed by atoms with Crippen molar-refractivity contribution in [3.63, 3.8) is 0 Å². The van der Waals surface area contributed by atoms with Gasteiger partial charge < -0.3 is 11.1 Å². The van der Waals surface area contributed by atoms with Crippen LogP contribution in [0.25, 0.3) is 0 Å². The van der Waals surface area contributed by atoms with E-state index in [4.69, 9.17) is 17.3 Å². The van der Waals surface area contributed by atoms with E-state index in [1.54, 1.807) is 12.3 Å². The molecule has 0 amide bonds. The minimum atomic E-state index is 0.335. The second-order valence-corrected chi connectivity index (χ2v) is 4.36. The average Bonchev–Trinajstić information content (AvgIpc) is 2.25. The third-order valence-corrected chi connectivity index (χ3v) is 2.72. The minimum absolute atomic E-state index is 0.335. The van der Waals surface area contributed by atoms with E-state index >= 15 is 0 Å². The van der Waals surface area contributed by atoms with Gasteiger partial charge in [-0.2, -0.15) is 0 Å². The summed E-state index contributed by atoms with van der Waals surface area (Å²) in [5, 5.41) is 3.60. The fourth-order valence-corrected chi connectivity index (χ4v) is 1.88. The monoisotopic (exact) mass is 298 g/mol. The van der Waals surface area contributed by atoms with Crippen LogP contribution >= 0.6 is 27.5 Å². The van der Waals surface area contributed by atoms with Crippen LogP contribution in [0, 0.1) is 0 Å². The number of nitrogen functional groups attached to an aromatic ring is 1. The molecule has 0 aliphatic carbocycles. The zero-order valence-electron chi connectivity index (χ0n) is 8.11. The van der Waals surface area contributed by atoms with Crippen LogP contribution in [0.15, 0.2) is 35.1 Å². The predicted molar refractivity (Wildman–Crippen MR) is 68.9 cm³/mol. The van der Waals surface area contributed by atoms with Crippen LogP contribution in [0.1, 0.15) is 0 Å². The van der Waals surface area contributed by atoms with Gasteiger partial charge in [0.1, 0.15) is 0 Å². The zero-order chi connectivity index (χ0) is 11.5. The summed E-state index contributed by atoms with van der Waals surface area (Å²) in [6, 6.07) is 5.50. The standard InChI is InChI=1S/C10H8BrClN4/c11-6-1-2-8(7(12)5-6)16-10-9(13)14-3-4-15-10/h1-5H,(H2,13,14)(H,15,16). The Bertz CT molecular complexity index is 518. The first-order valence-corrected chi connectivity index (χ1v) is 5.62. The van der Waals surface area contributed by atoms with E-state index in [-0.39, 0.29) is 0 Å². The van der Waals surface area contributed by atoms with E-state index in [2.05, 4.69) is 31.2 Å². The van der Waals surface area contributed by atoms with E-state index in [0.29, 0.717) is 16.7 Å². The topological polar surface area (TPSA) is 63.8 Å². The van der Waals surface area contributed by atoms with Crippen LogP contribution in [0.2, 0.25) is 5.02 Å². The number of hydrogen-bond acceptors (Lipinski definition) is 4. The highest BCUT2D eigenvalue weighted by atomic mass is 79.9. The van der Waals surface area contributed by atoms with Crippen molar-refractivity contribution in [3.8, 4) is 0 Å². The molecule has 3 N–H and O–H groups in total. The molecule has 82 valence electrons. The average molecular weight is 300 g/mol. The summed E-state index contributed by atoms with van der Waals surface area (Å²) in [6.07, 6.45) is 3.09. The molecule has 0 aliphatic rings. The van der Waals surface area contributed by atoms with Gasteiger partial charge in [0.25, 0.3) is 0 Å². The second-order valence-electron chi connectivity index (χ2n) is 3.04. The van der Waals surface area contributed by atoms with Gasteiger partial charge in [-0.3, -0.25) is 0 Å². The van der Waals surface area contributed by atoms with Gasteiger partial charge in [0.05, 0.1) is 10.7 Å². The van der Waals surface area contributed by atoms with E-state index < -0.39 is 0 Å². The number of nitrogens with zero attached hydrogens (tertiary/aromatic N) is 2. The molecular weight excluding hydrogens is 291 g/mol. The maximum absolute atomic E-state index is 6.05. The number of rotatable bonds is 2. The van der Waals surface area contributed by atoms with Crippen LogP contribution in [-0.2, 0) is 0 Å². The Balaban J connectivity index is 2.31. The Morgan fingerprint density at radius 2 is 2.00 bits per heavy atom. The van der Waals surface area contributed by atoms with Crippen LogP contribution in [0.4, 0.5) is 17.3 Å². The van der Waals surface area contributed by atoms with Crippen molar-refractivity contribution in [1.82, 2.24) is 9.97 Å². The number of aromatic nitrogens is 2. The summed E-state index contributed by atoms with van der Waals surface area (Å²) in [7, 11) is 0. The lowest BCUT2D eigenvalue weighted by molar-refractivity contribution is 1.21. The quantitative estimate of drug-likeness (QED) is 0.893. The van der Waals surface area contributed by atoms with Gasteiger partial charge in [0, 0.05) is 16.9 Å². The number of anilines is 3. The van der Waals surface area contributed by atoms with Crippen LogP contribution in [-0.4, -0.2) is 9.97 Å². The fraction of sp³-hybridized carbons (Fsp3) is 0. The van der Waals surface area contributed by atoms with Crippen molar-refractivity contribution in [2.75, 3.05) is 11.1 Å². The van der Waals surface area contributed by atoms with Crippen molar-refractivity contribution < 1.29 is 0 Å². The number of benzene rings is 1. The predicted octanol–water partition coefficient (Wildman–Crippen LogP) is 3.22. The summed E-state index contributed by atoms with van der Waals surface area (Å²) in [5.41, 5.74) is 6.39. The normalized spacial score (nSPS) is 10.1. The minimum Gasteiger partial charge on any atom is -0.381 e. The van der Waals surface area contributed by atoms with E-state index in [1.807, 2.05) is 12.1 Å². The SMILES string of the molecule is Nc1nccnc1Nc1ccc(Br)cc1Cl. The highest BCUT2D eigenvalue weighted by molar-refractivity contribution is 9.10. The molecule has 0 unspecified atom stereocenters. The summed E-state index contributed by atoms with van der Waals surface area (Å²) in [6.45, 7) is 0. The lowest BCUT2D eigenvalue weighted by atomic mass is 10.3. The number of hydrogen-bond donors (Lipinski definition) is 2. The summed E-state index contributed by atoms with van der Waals surface area (Å²) in [5.74, 6) is 0.827. The zero-order valence-corrected chi connectivity index (χ0v) is 10.5. The molecular formula is C10H8BrClN4. The third-order valence-electron chi connectivity index (χ3n) is 1.91. The summed E-state index contributed by atoms with van der Waals surface area (Å²) in [4.78, 5) is 7.99. The molecule has 0 bridgehead atoms. The molecule has 0 aliphatic heterocycles. The lowest BCUT2D eigenvalue weighted by Crippen LogP contribution is -2.01. The van der Waals surface area contributed by atoms with Gasteiger partial charge >= 0.3 is 0 Å². The van der Waals surface area contributed by atoms with Gasteiger partial charge in [0.15, 0.2) is 11.6 Å². The molecule has 1 aromatic heterocycles. The van der Waals surface area contributed by atoms with Crippen LogP contribution < -0.4 is 11.1 Å². The molecule has 0 saturated carbocycles. The van der Waals surface area contributed by atoms with Gasteiger partial charge in [-0.25, -0.2) is 9.97 Å². The van der Waals surface area contributed by atoms with Gasteiger partial charge in [-0.15, -0.1) is 0 Å². The Morgan fingerprint density at radius 1 is 1.25 bits per heavy atom. The molecule has 0 radical (unpaired) electrons. The third kappa shape index (κ3) is 2.43. The van der Waals surface area contributed by atoms with Crippen LogP contribution in [0.5, 0.6) is 0 Å². The Hall–Kier alpha value is -1.33. The number of nitrogens with one attached hydrogen (secondary N) is 1. The Labute approximate surface area is 106 Å². The van der Waals surface area contributed by atoms with Crippen molar-refractivity contribution in [2.45, 2.75) is 0 Å². The van der Waals surface area contributed by atoms with Crippen molar-refractivity contribution in [2.24, 2.45) is 0 Å². The largest absolute Gasteiger partial charge is 0.381 e. The molecule has 0 atom stereocenters. The lowest BCUT2D eigenvalue weighted by Gasteiger charge is -2.08. The molecule has 1 heterocycles. The van der Waals surface area contributed by atoms with E-state index in [0.717, 1.165) is 10.2 Å². The second kappa shape index (κ2) is 4.67. The number of halogens is 2. The maximum Gasteiger partial charge on any atom is 0.173 e. The molecule has 1 aromatic carbocycles. The summed E-state index contributed by atoms with van der Waals surface area (Å²) >= 11 is 9.38. The molecule has 16 heavy (non-hydrogen) atoms. The van der Waals surface area contributed by atoms with Crippen LogP contribution in [0.3, 0.4) is 0 Å². The first kappa shape index (κ1) is 11.2.